The number of hydrogen-bond acceptors (Lipinski definition) is 2. The SMILES string of the molecule is CC.CC(C)(C)c1cc2ccoc2cn1. The quantitative estimate of drug-likeness (QED) is 0.645. The summed E-state index contributed by atoms with van der Waals surface area (Å²) in [7, 11) is 0. The average Bonchev–Trinajstić information content (AvgIpc) is 2.66. The van der Waals surface area contributed by atoms with E-state index in [0.29, 0.717) is 0 Å². The van der Waals surface area contributed by atoms with Crippen molar-refractivity contribution < 1.29 is 4.42 Å². The molecule has 0 aromatic carbocycles. The molecule has 0 aliphatic rings. The van der Waals surface area contributed by atoms with Crippen molar-refractivity contribution in [3.05, 3.63) is 30.3 Å². The van der Waals surface area contributed by atoms with Crippen LogP contribution in [0.15, 0.2) is 29.0 Å². The van der Waals surface area contributed by atoms with Gasteiger partial charge in [-0.2, -0.15) is 0 Å². The van der Waals surface area contributed by atoms with E-state index in [2.05, 4.69) is 31.8 Å². The van der Waals surface area contributed by atoms with Crippen molar-refractivity contribution in [2.24, 2.45) is 0 Å². The maximum atomic E-state index is 5.22. The molecule has 0 N–H and O–H groups in total. The maximum absolute atomic E-state index is 5.22. The van der Waals surface area contributed by atoms with Crippen molar-refractivity contribution in [1.82, 2.24) is 4.98 Å². The molecule has 0 atom stereocenters. The summed E-state index contributed by atoms with van der Waals surface area (Å²) in [5, 5.41) is 1.12. The van der Waals surface area contributed by atoms with Crippen LogP contribution in [0.3, 0.4) is 0 Å². The summed E-state index contributed by atoms with van der Waals surface area (Å²) in [6.07, 6.45) is 3.48. The second-order valence-corrected chi connectivity index (χ2v) is 4.28. The van der Waals surface area contributed by atoms with Gasteiger partial charge in [-0.15, -0.1) is 0 Å². The van der Waals surface area contributed by atoms with Gasteiger partial charge in [0.1, 0.15) is 0 Å². The van der Waals surface area contributed by atoms with E-state index in [0.717, 1.165) is 16.7 Å². The van der Waals surface area contributed by atoms with E-state index in [1.54, 1.807) is 12.5 Å². The van der Waals surface area contributed by atoms with Gasteiger partial charge >= 0.3 is 0 Å². The van der Waals surface area contributed by atoms with Crippen LogP contribution in [0.1, 0.15) is 40.3 Å². The molecule has 0 saturated heterocycles. The molecule has 0 spiro atoms. The molecular weight excluding hydrogens is 186 g/mol. The molecular formula is C13H19NO. The summed E-state index contributed by atoms with van der Waals surface area (Å²) in [6.45, 7) is 10.5. The maximum Gasteiger partial charge on any atom is 0.152 e. The van der Waals surface area contributed by atoms with Gasteiger partial charge < -0.3 is 4.42 Å². The Bertz CT molecular complexity index is 423. The highest BCUT2D eigenvalue weighted by Gasteiger charge is 2.15. The third kappa shape index (κ3) is 2.58. The third-order valence-corrected chi connectivity index (χ3v) is 2.11. The Morgan fingerprint density at radius 1 is 1.20 bits per heavy atom. The minimum Gasteiger partial charge on any atom is -0.463 e. The Hall–Kier alpha value is -1.31. The van der Waals surface area contributed by atoms with Crippen molar-refractivity contribution in [2.75, 3.05) is 0 Å². The van der Waals surface area contributed by atoms with Gasteiger partial charge in [0.25, 0.3) is 0 Å². The molecule has 2 aromatic rings. The van der Waals surface area contributed by atoms with Crippen LogP contribution in [-0.4, -0.2) is 4.98 Å². The summed E-state index contributed by atoms with van der Waals surface area (Å²) in [4.78, 5) is 4.36. The van der Waals surface area contributed by atoms with Gasteiger partial charge in [0, 0.05) is 16.5 Å². The van der Waals surface area contributed by atoms with Crippen LogP contribution < -0.4 is 0 Å². The second-order valence-electron chi connectivity index (χ2n) is 4.28. The van der Waals surface area contributed by atoms with E-state index >= 15 is 0 Å². The van der Waals surface area contributed by atoms with Gasteiger partial charge in [-0.1, -0.05) is 34.6 Å². The monoisotopic (exact) mass is 205 g/mol. The lowest BCUT2D eigenvalue weighted by Gasteiger charge is -2.16. The number of rotatable bonds is 0. The van der Waals surface area contributed by atoms with Crippen molar-refractivity contribution in [1.29, 1.82) is 0 Å². The van der Waals surface area contributed by atoms with Crippen LogP contribution in [0.5, 0.6) is 0 Å². The van der Waals surface area contributed by atoms with Crippen LogP contribution in [0, 0.1) is 0 Å². The number of furan rings is 1. The van der Waals surface area contributed by atoms with Crippen molar-refractivity contribution in [3.63, 3.8) is 0 Å². The van der Waals surface area contributed by atoms with E-state index in [4.69, 9.17) is 4.42 Å². The van der Waals surface area contributed by atoms with Crippen LogP contribution >= 0.6 is 0 Å². The highest BCUT2D eigenvalue weighted by atomic mass is 16.3. The van der Waals surface area contributed by atoms with Gasteiger partial charge in [-0.3, -0.25) is 4.98 Å². The van der Waals surface area contributed by atoms with Gasteiger partial charge in [0.2, 0.25) is 0 Å². The number of nitrogens with zero attached hydrogens (tertiary/aromatic N) is 1. The minimum absolute atomic E-state index is 0.103. The Kier molecular flexibility index (Phi) is 3.51. The van der Waals surface area contributed by atoms with E-state index in [1.165, 1.54) is 0 Å². The summed E-state index contributed by atoms with van der Waals surface area (Å²) >= 11 is 0. The lowest BCUT2D eigenvalue weighted by atomic mass is 9.91. The van der Waals surface area contributed by atoms with E-state index in [-0.39, 0.29) is 5.41 Å². The first-order valence-electron chi connectivity index (χ1n) is 5.41. The summed E-state index contributed by atoms with van der Waals surface area (Å²) < 4.78 is 5.22. The minimum atomic E-state index is 0.103. The van der Waals surface area contributed by atoms with Gasteiger partial charge in [0.15, 0.2) is 5.58 Å². The first-order chi connectivity index (χ1) is 7.07. The highest BCUT2D eigenvalue weighted by molar-refractivity contribution is 5.76. The molecule has 0 aliphatic carbocycles. The molecule has 0 amide bonds. The molecule has 2 nitrogen and oxygen atoms in total. The number of aromatic nitrogens is 1. The van der Waals surface area contributed by atoms with Crippen molar-refractivity contribution >= 4 is 11.0 Å². The summed E-state index contributed by atoms with van der Waals surface area (Å²) in [6, 6.07) is 4.05. The fourth-order valence-corrected chi connectivity index (χ4v) is 1.28. The second kappa shape index (κ2) is 4.47. The molecule has 0 unspecified atom stereocenters. The predicted octanol–water partition coefficient (Wildman–Crippen LogP) is 4.15. The predicted molar refractivity (Wildman–Crippen MR) is 64.1 cm³/mol. The van der Waals surface area contributed by atoms with E-state index in [9.17, 15) is 0 Å². The normalized spacial score (nSPS) is 11.0. The van der Waals surface area contributed by atoms with Crippen LogP contribution in [0.2, 0.25) is 0 Å². The van der Waals surface area contributed by atoms with Gasteiger partial charge in [-0.25, -0.2) is 0 Å². The van der Waals surface area contributed by atoms with E-state index in [1.807, 2.05) is 19.9 Å². The molecule has 0 aliphatic heterocycles. The lowest BCUT2D eigenvalue weighted by molar-refractivity contribution is 0.567. The number of pyridine rings is 1. The Morgan fingerprint density at radius 3 is 2.47 bits per heavy atom. The molecule has 0 radical (unpaired) electrons. The fraction of sp³-hybridized carbons (Fsp3) is 0.462. The van der Waals surface area contributed by atoms with Crippen molar-refractivity contribution in [2.45, 2.75) is 40.0 Å². The summed E-state index contributed by atoms with van der Waals surface area (Å²) in [5.41, 5.74) is 2.06. The first-order valence-corrected chi connectivity index (χ1v) is 5.41. The Balaban J connectivity index is 0.000000531. The molecule has 15 heavy (non-hydrogen) atoms. The largest absolute Gasteiger partial charge is 0.463 e. The Morgan fingerprint density at radius 2 is 1.87 bits per heavy atom. The van der Waals surface area contributed by atoms with Crippen LogP contribution in [0.4, 0.5) is 0 Å². The zero-order valence-corrected chi connectivity index (χ0v) is 10.2. The van der Waals surface area contributed by atoms with E-state index < -0.39 is 0 Å². The molecule has 2 rings (SSSR count). The number of hydrogen-bond donors (Lipinski definition) is 0. The molecule has 0 saturated carbocycles. The standard InChI is InChI=1S/C11H13NO.C2H6/c1-11(2,3)10-6-8-4-5-13-9(8)7-12-10;1-2/h4-7H,1-3H3;1-2H3. The first kappa shape index (κ1) is 11.8. The molecule has 0 bridgehead atoms. The zero-order chi connectivity index (χ0) is 11.5. The number of fused-ring (bicyclic) bond motifs is 1. The third-order valence-electron chi connectivity index (χ3n) is 2.11. The fourth-order valence-electron chi connectivity index (χ4n) is 1.28. The summed E-state index contributed by atoms with van der Waals surface area (Å²) in [5.74, 6) is 0. The topological polar surface area (TPSA) is 26.0 Å². The van der Waals surface area contributed by atoms with Crippen LogP contribution in [0.25, 0.3) is 11.0 Å². The Labute approximate surface area is 91.3 Å². The van der Waals surface area contributed by atoms with Gasteiger partial charge in [0.05, 0.1) is 12.5 Å². The smallest absolute Gasteiger partial charge is 0.152 e. The van der Waals surface area contributed by atoms with Gasteiger partial charge in [-0.05, 0) is 12.1 Å². The zero-order valence-electron chi connectivity index (χ0n) is 10.2. The molecule has 2 heterocycles. The molecule has 2 aromatic heterocycles. The average molecular weight is 205 g/mol. The molecule has 82 valence electrons. The molecule has 2 heteroatoms. The lowest BCUT2D eigenvalue weighted by Crippen LogP contribution is -2.12. The van der Waals surface area contributed by atoms with Crippen LogP contribution in [-0.2, 0) is 5.41 Å². The highest BCUT2D eigenvalue weighted by Crippen LogP contribution is 2.23. The molecule has 0 fully saturated rings. The van der Waals surface area contributed by atoms with Crippen molar-refractivity contribution in [3.8, 4) is 0 Å².